The van der Waals surface area contributed by atoms with Crippen LogP contribution in [0.3, 0.4) is 0 Å². The highest BCUT2D eigenvalue weighted by atomic mass is 32.2. The van der Waals surface area contributed by atoms with Crippen LogP contribution in [0.25, 0.3) is 0 Å². The Balaban J connectivity index is 2.78. The Labute approximate surface area is 201 Å². The van der Waals surface area contributed by atoms with Gasteiger partial charge in [0.25, 0.3) is 0 Å². The lowest BCUT2D eigenvalue weighted by atomic mass is 10.0. The van der Waals surface area contributed by atoms with E-state index in [1.54, 1.807) is 18.4 Å². The Kier molecular flexibility index (Phi) is 12.4. The highest BCUT2D eigenvalue weighted by Crippen LogP contribution is 2.11. The quantitative estimate of drug-likeness (QED) is 0.140. The van der Waals surface area contributed by atoms with Gasteiger partial charge in [0, 0.05) is 0 Å². The number of amides is 3. The number of carboxylic acids is 1. The number of hydrogen-bond donors (Lipinski definition) is 8. The average molecular weight is 501 g/mol. The minimum atomic E-state index is -1.51. The molecule has 3 amide bonds. The van der Waals surface area contributed by atoms with Crippen LogP contribution in [0.4, 0.5) is 0 Å². The molecule has 0 radical (unpaired) electrons. The number of aliphatic hydroxyl groups is 2. The van der Waals surface area contributed by atoms with Gasteiger partial charge >= 0.3 is 5.97 Å². The molecule has 12 nitrogen and oxygen atoms in total. The lowest BCUT2D eigenvalue weighted by molar-refractivity contribution is -0.142. The lowest BCUT2D eigenvalue weighted by Gasteiger charge is -2.25. The molecule has 9 N–H and O–H groups in total. The topological polar surface area (TPSA) is 211 Å². The second kappa shape index (κ2) is 14.4. The summed E-state index contributed by atoms with van der Waals surface area (Å²) in [5.74, 6) is -3.39. The van der Waals surface area contributed by atoms with Crippen molar-refractivity contribution in [3.8, 4) is 5.75 Å². The van der Waals surface area contributed by atoms with Crippen molar-refractivity contribution in [2.45, 2.75) is 50.0 Å². The van der Waals surface area contributed by atoms with Crippen LogP contribution in [-0.2, 0) is 25.6 Å². The number of nitrogens with one attached hydrogen (secondary N) is 3. The highest BCUT2D eigenvalue weighted by molar-refractivity contribution is 7.98. The SMILES string of the molecule is CSCCC(NC(=O)C(CO)NC(=O)C(NC(=O)C(N)Cc1ccc(O)cc1)C(C)O)C(=O)O. The number of phenolic OH excluding ortho intramolecular Hbond substituents is 1. The number of aliphatic carboxylic acids is 1. The van der Waals surface area contributed by atoms with Crippen LogP contribution in [0.5, 0.6) is 5.75 Å². The number of aromatic hydroxyl groups is 1. The van der Waals surface area contributed by atoms with Crippen LogP contribution in [0.1, 0.15) is 18.9 Å². The first-order valence-corrected chi connectivity index (χ1v) is 11.8. The molecule has 0 bridgehead atoms. The fourth-order valence-corrected chi connectivity index (χ4v) is 3.34. The zero-order valence-corrected chi connectivity index (χ0v) is 19.7. The lowest BCUT2D eigenvalue weighted by Crippen LogP contribution is -2.60. The average Bonchev–Trinajstić information content (AvgIpc) is 2.78. The van der Waals surface area contributed by atoms with Gasteiger partial charge in [-0.25, -0.2) is 4.79 Å². The van der Waals surface area contributed by atoms with Crippen molar-refractivity contribution in [2.24, 2.45) is 5.73 Å². The van der Waals surface area contributed by atoms with E-state index >= 15 is 0 Å². The minimum Gasteiger partial charge on any atom is -0.508 e. The maximum absolute atomic E-state index is 12.6. The van der Waals surface area contributed by atoms with E-state index in [1.807, 2.05) is 0 Å². The summed E-state index contributed by atoms with van der Waals surface area (Å²) in [4.78, 5) is 48.8. The largest absolute Gasteiger partial charge is 0.508 e. The van der Waals surface area contributed by atoms with Crippen LogP contribution < -0.4 is 21.7 Å². The molecule has 190 valence electrons. The highest BCUT2D eigenvalue weighted by Gasteiger charge is 2.32. The van der Waals surface area contributed by atoms with Gasteiger partial charge in [0.2, 0.25) is 17.7 Å². The number of rotatable bonds is 14. The second-order valence-corrected chi connectivity index (χ2v) is 8.61. The molecule has 1 rings (SSSR count). The van der Waals surface area contributed by atoms with Crippen LogP contribution in [-0.4, -0.2) is 93.0 Å². The molecule has 0 fully saturated rings. The number of nitrogens with two attached hydrogens (primary N) is 1. The molecule has 5 atom stereocenters. The van der Waals surface area contributed by atoms with E-state index < -0.39 is 60.6 Å². The molecule has 0 aromatic heterocycles. The van der Waals surface area contributed by atoms with Gasteiger partial charge < -0.3 is 42.1 Å². The number of carbonyl (C=O) groups is 4. The summed E-state index contributed by atoms with van der Waals surface area (Å²) in [6, 6.07) is 0.730. The summed E-state index contributed by atoms with van der Waals surface area (Å²) >= 11 is 1.39. The van der Waals surface area contributed by atoms with Crippen molar-refractivity contribution in [1.29, 1.82) is 0 Å². The molecule has 1 aromatic carbocycles. The first-order chi connectivity index (χ1) is 16.0. The van der Waals surface area contributed by atoms with E-state index in [-0.39, 0.29) is 18.6 Å². The smallest absolute Gasteiger partial charge is 0.326 e. The molecule has 0 aliphatic rings. The monoisotopic (exact) mass is 500 g/mol. The molecule has 5 unspecified atom stereocenters. The predicted octanol–water partition coefficient (Wildman–Crippen LogP) is -2.07. The van der Waals surface area contributed by atoms with Gasteiger partial charge in [0.05, 0.1) is 18.8 Å². The number of hydrogen-bond acceptors (Lipinski definition) is 9. The second-order valence-electron chi connectivity index (χ2n) is 7.63. The third kappa shape index (κ3) is 9.55. The summed E-state index contributed by atoms with van der Waals surface area (Å²) in [6.07, 6.45) is 0.632. The van der Waals surface area contributed by atoms with Gasteiger partial charge in [-0.1, -0.05) is 12.1 Å². The van der Waals surface area contributed by atoms with E-state index in [1.165, 1.54) is 30.8 Å². The molecular weight excluding hydrogens is 468 g/mol. The number of carbonyl (C=O) groups excluding carboxylic acids is 3. The van der Waals surface area contributed by atoms with Gasteiger partial charge in [-0.2, -0.15) is 11.8 Å². The fraction of sp³-hybridized carbons (Fsp3) is 0.524. The Hall–Kier alpha value is -2.87. The number of carboxylic acid groups (broad SMARTS) is 1. The Morgan fingerprint density at radius 3 is 2.09 bits per heavy atom. The van der Waals surface area contributed by atoms with E-state index in [4.69, 9.17) is 5.73 Å². The van der Waals surface area contributed by atoms with E-state index in [2.05, 4.69) is 16.0 Å². The zero-order valence-electron chi connectivity index (χ0n) is 18.9. The van der Waals surface area contributed by atoms with Crippen molar-refractivity contribution >= 4 is 35.5 Å². The van der Waals surface area contributed by atoms with E-state index in [9.17, 15) is 39.6 Å². The van der Waals surface area contributed by atoms with Crippen LogP contribution in [0.2, 0.25) is 0 Å². The third-order valence-electron chi connectivity index (χ3n) is 4.83. The molecule has 0 aliphatic carbocycles. The number of benzene rings is 1. The first kappa shape index (κ1) is 29.2. The third-order valence-corrected chi connectivity index (χ3v) is 5.48. The van der Waals surface area contributed by atoms with Crippen molar-refractivity contribution in [2.75, 3.05) is 18.6 Å². The summed E-state index contributed by atoms with van der Waals surface area (Å²) in [5, 5.41) is 44.9. The number of thioether (sulfide) groups is 1. The van der Waals surface area contributed by atoms with Crippen LogP contribution in [0, 0.1) is 0 Å². The molecule has 0 aliphatic heterocycles. The van der Waals surface area contributed by atoms with Crippen LogP contribution >= 0.6 is 11.8 Å². The van der Waals surface area contributed by atoms with E-state index in [0.29, 0.717) is 11.3 Å². The maximum atomic E-state index is 12.6. The summed E-state index contributed by atoms with van der Waals surface area (Å²) in [5.41, 5.74) is 6.54. The van der Waals surface area contributed by atoms with Crippen molar-refractivity contribution in [1.82, 2.24) is 16.0 Å². The van der Waals surface area contributed by atoms with Gasteiger partial charge in [-0.05, 0) is 49.5 Å². The van der Waals surface area contributed by atoms with Gasteiger partial charge in [0.15, 0.2) is 0 Å². The molecule has 0 heterocycles. The first-order valence-electron chi connectivity index (χ1n) is 10.4. The summed E-state index contributed by atoms with van der Waals surface area (Å²) in [7, 11) is 0. The Bertz CT molecular complexity index is 837. The fourth-order valence-electron chi connectivity index (χ4n) is 2.87. The predicted molar refractivity (Wildman–Crippen MR) is 125 cm³/mol. The maximum Gasteiger partial charge on any atom is 0.326 e. The Morgan fingerprint density at radius 1 is 1.00 bits per heavy atom. The minimum absolute atomic E-state index is 0.0500. The summed E-state index contributed by atoms with van der Waals surface area (Å²) < 4.78 is 0. The molecule has 1 aromatic rings. The zero-order chi connectivity index (χ0) is 25.8. The Morgan fingerprint density at radius 2 is 1.59 bits per heavy atom. The van der Waals surface area contributed by atoms with Gasteiger partial charge in [-0.3, -0.25) is 14.4 Å². The van der Waals surface area contributed by atoms with Crippen molar-refractivity contribution < 1.29 is 39.6 Å². The standard InChI is InChI=1S/C21H32N4O8S/c1-11(27)17(25-18(29)14(22)9-12-3-5-13(28)6-4-12)20(31)24-16(10-26)19(30)23-15(21(32)33)7-8-34-2/h3-6,11,14-17,26-28H,7-10,22H2,1-2H3,(H,23,30)(H,24,31)(H,25,29)(H,32,33). The van der Waals surface area contributed by atoms with Gasteiger partial charge in [-0.15, -0.1) is 0 Å². The molecule has 34 heavy (non-hydrogen) atoms. The molecule has 0 saturated heterocycles. The van der Waals surface area contributed by atoms with Crippen molar-refractivity contribution in [3.05, 3.63) is 29.8 Å². The molecule has 0 saturated carbocycles. The number of phenols is 1. The molecule has 13 heteroatoms. The summed E-state index contributed by atoms with van der Waals surface area (Å²) in [6.45, 7) is 0.403. The van der Waals surface area contributed by atoms with Crippen molar-refractivity contribution in [3.63, 3.8) is 0 Å². The normalized spacial score (nSPS) is 15.3. The molecule has 0 spiro atoms. The van der Waals surface area contributed by atoms with Crippen LogP contribution in [0.15, 0.2) is 24.3 Å². The molecular formula is C21H32N4O8S. The number of aliphatic hydroxyl groups excluding tert-OH is 2. The van der Waals surface area contributed by atoms with E-state index in [0.717, 1.165) is 0 Å². The van der Waals surface area contributed by atoms with Gasteiger partial charge in [0.1, 0.15) is 23.9 Å².